The Balaban J connectivity index is 1.57. The normalized spacial score (nSPS) is 15.0. The van der Waals surface area contributed by atoms with Gasteiger partial charge in [-0.3, -0.25) is 4.98 Å². The van der Waals surface area contributed by atoms with E-state index >= 15 is 0 Å². The predicted octanol–water partition coefficient (Wildman–Crippen LogP) is 3.05. The van der Waals surface area contributed by atoms with Crippen molar-refractivity contribution in [1.29, 1.82) is 0 Å². The third kappa shape index (κ3) is 5.72. The highest BCUT2D eigenvalue weighted by molar-refractivity contribution is 5.79. The van der Waals surface area contributed by atoms with Gasteiger partial charge in [0, 0.05) is 25.0 Å². The maximum atomic E-state index is 5.98. The van der Waals surface area contributed by atoms with Crippen LogP contribution < -0.4 is 15.4 Å². The Morgan fingerprint density at radius 2 is 2.04 bits per heavy atom. The molecule has 0 atom stereocenters. The number of aliphatic imine (C=N–C) groups is 1. The largest absolute Gasteiger partial charge is 0.474 e. The van der Waals surface area contributed by atoms with Crippen LogP contribution in [0.25, 0.3) is 0 Å². The summed E-state index contributed by atoms with van der Waals surface area (Å²) in [6, 6.07) is 9.86. The molecule has 1 fully saturated rings. The zero-order chi connectivity index (χ0) is 18.0. The van der Waals surface area contributed by atoms with E-state index in [1.54, 1.807) is 12.4 Å². The molecule has 2 N–H and O–H groups in total. The van der Waals surface area contributed by atoms with E-state index < -0.39 is 0 Å². The van der Waals surface area contributed by atoms with Crippen molar-refractivity contribution in [3.63, 3.8) is 0 Å². The Labute approximate surface area is 155 Å². The molecule has 1 aliphatic carbocycles. The maximum absolute atomic E-state index is 5.98. The fraction of sp³-hybridized carbons (Fsp3) is 0.450. The Hall–Kier alpha value is -2.63. The minimum absolute atomic E-state index is 0.318. The van der Waals surface area contributed by atoms with Crippen LogP contribution in [0.5, 0.6) is 5.88 Å². The van der Waals surface area contributed by atoms with Crippen molar-refractivity contribution in [1.82, 2.24) is 20.6 Å². The molecule has 6 heteroatoms. The lowest BCUT2D eigenvalue weighted by Crippen LogP contribution is -2.37. The summed E-state index contributed by atoms with van der Waals surface area (Å²) >= 11 is 0. The second-order valence-corrected chi connectivity index (χ2v) is 6.40. The number of nitrogens with one attached hydrogen (secondary N) is 2. The number of aromatic nitrogens is 2. The van der Waals surface area contributed by atoms with E-state index in [-0.39, 0.29) is 0 Å². The molecule has 3 rings (SSSR count). The summed E-state index contributed by atoms with van der Waals surface area (Å²) < 4.78 is 5.98. The van der Waals surface area contributed by atoms with Crippen LogP contribution in [0.15, 0.2) is 47.7 Å². The molecular weight excluding hydrogens is 326 g/mol. The van der Waals surface area contributed by atoms with Crippen LogP contribution in [0.1, 0.15) is 43.9 Å². The molecule has 1 aliphatic rings. The fourth-order valence-electron chi connectivity index (χ4n) is 2.98. The van der Waals surface area contributed by atoms with Gasteiger partial charge < -0.3 is 15.4 Å². The molecule has 1 saturated carbocycles. The van der Waals surface area contributed by atoms with E-state index in [1.165, 1.54) is 12.8 Å². The van der Waals surface area contributed by atoms with Crippen LogP contribution in [0.3, 0.4) is 0 Å². The van der Waals surface area contributed by atoms with Crippen molar-refractivity contribution < 1.29 is 4.74 Å². The van der Waals surface area contributed by atoms with Gasteiger partial charge in [0.15, 0.2) is 5.96 Å². The van der Waals surface area contributed by atoms with Crippen molar-refractivity contribution in [2.45, 2.75) is 51.8 Å². The van der Waals surface area contributed by atoms with Crippen molar-refractivity contribution in [2.75, 3.05) is 6.54 Å². The summed E-state index contributed by atoms with van der Waals surface area (Å²) in [6.07, 6.45) is 8.68. The molecule has 0 aromatic carbocycles. The van der Waals surface area contributed by atoms with Crippen LogP contribution in [-0.2, 0) is 13.1 Å². The molecule has 0 aliphatic heterocycles. The molecule has 0 radical (unpaired) electrons. The smallest absolute Gasteiger partial charge is 0.213 e. The number of hydrogen-bond donors (Lipinski definition) is 2. The molecule has 2 aromatic heterocycles. The summed E-state index contributed by atoms with van der Waals surface area (Å²) in [5.41, 5.74) is 2.07. The summed E-state index contributed by atoms with van der Waals surface area (Å²) in [5.74, 6) is 1.48. The van der Waals surface area contributed by atoms with E-state index in [4.69, 9.17) is 4.74 Å². The van der Waals surface area contributed by atoms with E-state index in [9.17, 15) is 0 Å². The molecule has 2 aromatic rings. The average Bonchev–Trinajstić information content (AvgIpc) is 3.18. The zero-order valence-electron chi connectivity index (χ0n) is 15.3. The topological polar surface area (TPSA) is 71.4 Å². The number of ether oxygens (including phenoxy) is 1. The highest BCUT2D eigenvalue weighted by Crippen LogP contribution is 2.23. The van der Waals surface area contributed by atoms with Gasteiger partial charge in [-0.1, -0.05) is 6.07 Å². The van der Waals surface area contributed by atoms with Gasteiger partial charge in [0.1, 0.15) is 6.10 Å². The van der Waals surface area contributed by atoms with E-state index in [1.807, 2.05) is 30.3 Å². The highest BCUT2D eigenvalue weighted by atomic mass is 16.5. The van der Waals surface area contributed by atoms with Crippen LogP contribution in [0.4, 0.5) is 0 Å². The Kier molecular flexibility index (Phi) is 6.81. The molecule has 2 heterocycles. The average molecular weight is 353 g/mol. The molecular formula is C20H27N5O. The summed E-state index contributed by atoms with van der Waals surface area (Å²) in [6.45, 7) is 4.07. The van der Waals surface area contributed by atoms with Gasteiger partial charge in [-0.2, -0.15) is 0 Å². The Morgan fingerprint density at radius 1 is 1.15 bits per heavy atom. The van der Waals surface area contributed by atoms with Crippen molar-refractivity contribution in [2.24, 2.45) is 4.99 Å². The molecule has 0 saturated heterocycles. The molecule has 0 spiro atoms. The van der Waals surface area contributed by atoms with Gasteiger partial charge in [0.2, 0.25) is 5.88 Å². The van der Waals surface area contributed by atoms with Gasteiger partial charge >= 0.3 is 0 Å². The van der Waals surface area contributed by atoms with Gasteiger partial charge in [-0.25, -0.2) is 9.98 Å². The van der Waals surface area contributed by atoms with Crippen molar-refractivity contribution in [3.05, 3.63) is 54.0 Å². The monoisotopic (exact) mass is 353 g/mol. The highest BCUT2D eigenvalue weighted by Gasteiger charge is 2.16. The van der Waals surface area contributed by atoms with E-state index in [2.05, 4.69) is 32.5 Å². The second kappa shape index (κ2) is 9.75. The van der Waals surface area contributed by atoms with Crippen LogP contribution in [-0.4, -0.2) is 28.6 Å². The first-order valence-electron chi connectivity index (χ1n) is 9.37. The van der Waals surface area contributed by atoms with E-state index in [0.29, 0.717) is 25.1 Å². The lowest BCUT2D eigenvalue weighted by Gasteiger charge is -2.13. The second-order valence-electron chi connectivity index (χ2n) is 6.40. The van der Waals surface area contributed by atoms with Crippen LogP contribution in [0, 0.1) is 0 Å². The van der Waals surface area contributed by atoms with Crippen LogP contribution >= 0.6 is 0 Å². The minimum Gasteiger partial charge on any atom is -0.474 e. The minimum atomic E-state index is 0.318. The van der Waals surface area contributed by atoms with Gasteiger partial charge in [0.25, 0.3) is 0 Å². The standard InChI is InChI=1S/C20H27N5O/c1-2-21-20(25-15-17-7-5-6-11-22-17)24-14-16-10-12-23-19(13-16)26-18-8-3-4-9-18/h5-7,10-13,18H,2-4,8-9,14-15H2,1H3,(H2,21,24,25). The number of rotatable bonds is 7. The van der Waals surface area contributed by atoms with Crippen molar-refractivity contribution in [3.8, 4) is 5.88 Å². The first kappa shape index (κ1) is 18.2. The molecule has 0 bridgehead atoms. The zero-order valence-corrected chi connectivity index (χ0v) is 15.3. The van der Waals surface area contributed by atoms with Crippen molar-refractivity contribution >= 4 is 5.96 Å². The summed E-state index contributed by atoms with van der Waals surface area (Å²) in [5, 5.41) is 6.57. The maximum Gasteiger partial charge on any atom is 0.213 e. The first-order chi connectivity index (χ1) is 12.8. The first-order valence-corrected chi connectivity index (χ1v) is 9.37. The predicted molar refractivity (Wildman–Crippen MR) is 103 cm³/mol. The van der Waals surface area contributed by atoms with Gasteiger partial charge in [-0.05, 0) is 56.4 Å². The Bertz CT molecular complexity index is 698. The van der Waals surface area contributed by atoms with Gasteiger partial charge in [0.05, 0.1) is 18.8 Å². The number of hydrogen-bond acceptors (Lipinski definition) is 4. The quantitative estimate of drug-likeness (QED) is 0.591. The van der Waals surface area contributed by atoms with Gasteiger partial charge in [-0.15, -0.1) is 0 Å². The lowest BCUT2D eigenvalue weighted by atomic mass is 10.2. The number of pyridine rings is 2. The Morgan fingerprint density at radius 3 is 2.81 bits per heavy atom. The molecule has 138 valence electrons. The SMILES string of the molecule is CCNC(=NCc1ccnc(OC2CCCC2)c1)NCc1ccccn1. The summed E-state index contributed by atoms with van der Waals surface area (Å²) in [4.78, 5) is 13.3. The van der Waals surface area contributed by atoms with Crippen LogP contribution in [0.2, 0.25) is 0 Å². The number of nitrogens with zero attached hydrogens (tertiary/aromatic N) is 3. The molecule has 6 nitrogen and oxygen atoms in total. The van der Waals surface area contributed by atoms with E-state index in [0.717, 1.165) is 36.6 Å². The third-order valence-electron chi connectivity index (χ3n) is 4.32. The molecule has 26 heavy (non-hydrogen) atoms. The summed E-state index contributed by atoms with van der Waals surface area (Å²) in [7, 11) is 0. The lowest BCUT2D eigenvalue weighted by molar-refractivity contribution is 0.201. The third-order valence-corrected chi connectivity index (χ3v) is 4.32. The number of guanidine groups is 1. The molecule has 0 amide bonds. The molecule has 0 unspecified atom stereocenters. The fourth-order valence-corrected chi connectivity index (χ4v) is 2.98.